The lowest BCUT2D eigenvalue weighted by molar-refractivity contribution is 0.669. The van der Waals surface area contributed by atoms with Gasteiger partial charge in [0.1, 0.15) is 11.2 Å². The summed E-state index contributed by atoms with van der Waals surface area (Å²) < 4.78 is 6.24. The number of hydrogen-bond acceptors (Lipinski definition) is 2. The van der Waals surface area contributed by atoms with Crippen molar-refractivity contribution in [3.05, 3.63) is 212 Å². The van der Waals surface area contributed by atoms with Crippen LogP contribution in [0.25, 0.3) is 87.6 Å². The monoisotopic (exact) mass is 713 g/mol. The highest BCUT2D eigenvalue weighted by molar-refractivity contribution is 6.12. The molecule has 0 spiro atoms. The molecule has 0 radical (unpaired) electrons. The van der Waals surface area contributed by atoms with Crippen molar-refractivity contribution >= 4 is 71.3 Å². The van der Waals surface area contributed by atoms with Crippen LogP contribution >= 0.6 is 0 Å². The van der Waals surface area contributed by atoms with Gasteiger partial charge in [0.2, 0.25) is 0 Å². The summed E-state index contributed by atoms with van der Waals surface area (Å²) in [4.78, 5) is 2.38. The summed E-state index contributed by atoms with van der Waals surface area (Å²) in [6.45, 7) is 0. The fraction of sp³-hybridized carbons (Fsp3) is 0. The Bertz CT molecular complexity index is 3260. The first kappa shape index (κ1) is 32.0. The minimum absolute atomic E-state index is 0.902. The van der Waals surface area contributed by atoms with Crippen LogP contribution in [0.4, 0.5) is 17.1 Å². The van der Waals surface area contributed by atoms with Gasteiger partial charge in [0.15, 0.2) is 0 Å². The molecule has 0 N–H and O–H groups in total. The molecule has 2 heteroatoms. The predicted molar refractivity (Wildman–Crippen MR) is 237 cm³/mol. The van der Waals surface area contributed by atoms with Gasteiger partial charge in [-0.15, -0.1) is 0 Å². The number of nitrogens with zero attached hydrogens (tertiary/aromatic N) is 1. The number of rotatable bonds is 6. The van der Waals surface area contributed by atoms with Crippen molar-refractivity contribution in [1.82, 2.24) is 0 Å². The van der Waals surface area contributed by atoms with Gasteiger partial charge in [-0.1, -0.05) is 158 Å². The van der Waals surface area contributed by atoms with E-state index in [1.165, 1.54) is 49.0 Å². The molecule has 10 aromatic carbocycles. The minimum Gasteiger partial charge on any atom is -0.456 e. The summed E-state index contributed by atoms with van der Waals surface area (Å²) in [6.07, 6.45) is 0. The van der Waals surface area contributed by atoms with Crippen LogP contribution < -0.4 is 4.90 Å². The summed E-state index contributed by atoms with van der Waals surface area (Å²) in [5.41, 5.74) is 12.2. The van der Waals surface area contributed by atoms with E-state index in [4.69, 9.17) is 4.42 Å². The Morgan fingerprint density at radius 1 is 0.286 bits per heavy atom. The fourth-order valence-electron chi connectivity index (χ4n) is 8.56. The zero-order chi connectivity index (χ0) is 37.0. The molecular formula is C54H35NO. The number of furan rings is 1. The zero-order valence-electron chi connectivity index (χ0n) is 30.6. The van der Waals surface area contributed by atoms with Crippen LogP contribution in [0.2, 0.25) is 0 Å². The van der Waals surface area contributed by atoms with Crippen molar-refractivity contribution in [1.29, 1.82) is 0 Å². The van der Waals surface area contributed by atoms with Gasteiger partial charge in [-0.05, 0) is 120 Å². The third kappa shape index (κ3) is 5.42. The molecule has 0 unspecified atom stereocenters. The van der Waals surface area contributed by atoms with Crippen LogP contribution in [-0.2, 0) is 0 Å². The van der Waals surface area contributed by atoms with E-state index in [1.807, 2.05) is 12.1 Å². The Kier molecular flexibility index (Phi) is 7.53. The van der Waals surface area contributed by atoms with Crippen molar-refractivity contribution in [3.8, 4) is 33.4 Å². The molecule has 11 rings (SSSR count). The van der Waals surface area contributed by atoms with Crippen LogP contribution in [-0.4, -0.2) is 0 Å². The van der Waals surface area contributed by atoms with Gasteiger partial charge in [-0.25, -0.2) is 0 Å². The molecule has 0 saturated heterocycles. The molecule has 2 nitrogen and oxygen atoms in total. The molecule has 0 atom stereocenters. The van der Waals surface area contributed by atoms with E-state index >= 15 is 0 Å². The minimum atomic E-state index is 0.902. The molecule has 56 heavy (non-hydrogen) atoms. The van der Waals surface area contributed by atoms with E-state index in [1.54, 1.807) is 0 Å². The third-order valence-electron chi connectivity index (χ3n) is 11.2. The first-order valence-corrected chi connectivity index (χ1v) is 19.2. The molecule has 0 aliphatic carbocycles. The van der Waals surface area contributed by atoms with E-state index in [9.17, 15) is 0 Å². The number of hydrogen-bond donors (Lipinski definition) is 0. The first-order valence-electron chi connectivity index (χ1n) is 19.2. The largest absolute Gasteiger partial charge is 0.456 e. The molecule has 262 valence electrons. The Hall–Kier alpha value is -7.42. The van der Waals surface area contributed by atoms with Crippen molar-refractivity contribution in [2.24, 2.45) is 0 Å². The normalized spacial score (nSPS) is 11.6. The Morgan fingerprint density at radius 3 is 1.73 bits per heavy atom. The van der Waals surface area contributed by atoms with Gasteiger partial charge < -0.3 is 9.32 Å². The van der Waals surface area contributed by atoms with Crippen LogP contribution in [0.1, 0.15) is 0 Å². The highest BCUT2D eigenvalue weighted by Crippen LogP contribution is 2.42. The maximum absolute atomic E-state index is 6.24. The van der Waals surface area contributed by atoms with E-state index < -0.39 is 0 Å². The second kappa shape index (κ2) is 13.2. The molecule has 0 fully saturated rings. The molecule has 0 aliphatic rings. The van der Waals surface area contributed by atoms with Gasteiger partial charge in [-0.2, -0.15) is 0 Å². The van der Waals surface area contributed by atoms with Crippen molar-refractivity contribution in [3.63, 3.8) is 0 Å². The molecule has 0 bridgehead atoms. The topological polar surface area (TPSA) is 16.4 Å². The average Bonchev–Trinajstić information content (AvgIpc) is 3.66. The van der Waals surface area contributed by atoms with Crippen LogP contribution in [0.15, 0.2) is 217 Å². The molecule has 0 saturated carbocycles. The third-order valence-corrected chi connectivity index (χ3v) is 11.2. The van der Waals surface area contributed by atoms with E-state index in [0.29, 0.717) is 0 Å². The smallest absolute Gasteiger partial charge is 0.136 e. The summed E-state index contributed by atoms with van der Waals surface area (Å²) in [6, 6.07) is 76.6. The Morgan fingerprint density at radius 2 is 0.857 bits per heavy atom. The molecule has 11 aromatic rings. The Labute approximate surface area is 325 Å². The highest BCUT2D eigenvalue weighted by Gasteiger charge is 2.17. The summed E-state index contributed by atoms with van der Waals surface area (Å²) in [7, 11) is 0. The molecule has 1 heterocycles. The van der Waals surface area contributed by atoms with Crippen molar-refractivity contribution < 1.29 is 4.42 Å². The molecule has 0 aliphatic heterocycles. The Balaban J connectivity index is 1.04. The molecular weight excluding hydrogens is 679 g/mol. The average molecular weight is 714 g/mol. The molecule has 0 amide bonds. The molecule has 1 aromatic heterocycles. The number of benzene rings is 10. The standard InChI is InChI=1S/C54H35NO/c1-3-18-46-36(11-1)13-9-21-48(46)41-16-7-14-39(33-41)40-15-8-17-44(34-40)55(45-31-32-49-42(35-45)26-25-37-12-2-4-19-47(37)49)43-29-27-38(28-30-43)50-22-10-24-53-54(50)51-20-5-6-23-52(51)56-53/h1-35H. The van der Waals surface area contributed by atoms with Crippen LogP contribution in [0.5, 0.6) is 0 Å². The number of anilines is 3. The van der Waals surface area contributed by atoms with Gasteiger partial charge in [0.25, 0.3) is 0 Å². The van der Waals surface area contributed by atoms with Gasteiger partial charge in [0, 0.05) is 27.8 Å². The first-order chi connectivity index (χ1) is 27.7. The second-order valence-electron chi connectivity index (χ2n) is 14.5. The van der Waals surface area contributed by atoms with Crippen LogP contribution in [0, 0.1) is 0 Å². The fourth-order valence-corrected chi connectivity index (χ4v) is 8.56. The lowest BCUT2D eigenvalue weighted by Gasteiger charge is -2.27. The van der Waals surface area contributed by atoms with E-state index in [-0.39, 0.29) is 0 Å². The maximum Gasteiger partial charge on any atom is 0.136 e. The highest BCUT2D eigenvalue weighted by atomic mass is 16.3. The van der Waals surface area contributed by atoms with Gasteiger partial charge in [0.05, 0.1) is 0 Å². The lowest BCUT2D eigenvalue weighted by atomic mass is 9.95. The summed E-state index contributed by atoms with van der Waals surface area (Å²) >= 11 is 0. The summed E-state index contributed by atoms with van der Waals surface area (Å²) in [5.74, 6) is 0. The van der Waals surface area contributed by atoms with Gasteiger partial charge in [-0.3, -0.25) is 0 Å². The summed E-state index contributed by atoms with van der Waals surface area (Å²) in [5, 5.41) is 9.76. The maximum atomic E-state index is 6.24. The van der Waals surface area contributed by atoms with Gasteiger partial charge >= 0.3 is 0 Å². The van der Waals surface area contributed by atoms with Crippen molar-refractivity contribution in [2.75, 3.05) is 4.90 Å². The van der Waals surface area contributed by atoms with E-state index in [0.717, 1.165) is 55.7 Å². The lowest BCUT2D eigenvalue weighted by Crippen LogP contribution is -2.10. The second-order valence-corrected chi connectivity index (χ2v) is 14.5. The predicted octanol–water partition coefficient (Wildman–Crippen LogP) is 15.5. The zero-order valence-corrected chi connectivity index (χ0v) is 30.6. The quantitative estimate of drug-likeness (QED) is 0.160. The number of para-hydroxylation sites is 1. The van der Waals surface area contributed by atoms with Crippen LogP contribution in [0.3, 0.4) is 0 Å². The SMILES string of the molecule is c1cc(-c2cccc(N(c3ccc(-c4cccc5oc6ccccc6c45)cc3)c3ccc4c(ccc5ccccc54)c3)c2)cc(-c2cccc3ccccc23)c1. The van der Waals surface area contributed by atoms with E-state index in [2.05, 4.69) is 205 Å². The van der Waals surface area contributed by atoms with Crippen molar-refractivity contribution in [2.45, 2.75) is 0 Å². The number of fused-ring (bicyclic) bond motifs is 7.